The molecule has 1 aromatic carbocycles. The maximum Gasteiger partial charge on any atom is 0.235 e. The quantitative estimate of drug-likeness (QED) is 0.804. The van der Waals surface area contributed by atoms with Gasteiger partial charge in [-0.2, -0.15) is 0 Å². The van der Waals surface area contributed by atoms with E-state index in [1.807, 2.05) is 0 Å². The zero-order chi connectivity index (χ0) is 16.2. The average Bonchev–Trinajstić information content (AvgIpc) is 3.24. The lowest BCUT2D eigenvalue weighted by atomic mass is 10.0. The molecule has 1 aliphatic heterocycles. The first-order chi connectivity index (χ1) is 11.2. The van der Waals surface area contributed by atoms with Crippen molar-refractivity contribution in [2.75, 3.05) is 13.1 Å². The maximum atomic E-state index is 11.0. The molecule has 7 heteroatoms. The van der Waals surface area contributed by atoms with Crippen molar-refractivity contribution >= 4 is 29.5 Å². The minimum Gasteiger partial charge on any atom is -0.480 e. The van der Waals surface area contributed by atoms with E-state index in [4.69, 9.17) is 32.4 Å². The molecule has 2 aromatic rings. The van der Waals surface area contributed by atoms with Gasteiger partial charge < -0.3 is 19.3 Å². The van der Waals surface area contributed by atoms with E-state index in [0.717, 1.165) is 25.8 Å². The van der Waals surface area contributed by atoms with Gasteiger partial charge in [0.25, 0.3) is 0 Å². The Morgan fingerprint density at radius 1 is 1.48 bits per heavy atom. The van der Waals surface area contributed by atoms with Crippen LogP contribution < -0.4 is 10.1 Å². The van der Waals surface area contributed by atoms with Crippen LogP contribution in [0.25, 0.3) is 0 Å². The second kappa shape index (κ2) is 7.34. The van der Waals surface area contributed by atoms with Crippen molar-refractivity contribution < 1.29 is 13.9 Å². The lowest BCUT2D eigenvalue weighted by molar-refractivity contribution is -0.107. The summed E-state index contributed by atoms with van der Waals surface area (Å²) in [5, 5.41) is 4.04. The number of aromatic nitrogens is 1. The number of aldehydes is 1. The summed E-state index contributed by atoms with van der Waals surface area (Å²) in [7, 11) is 0. The first kappa shape index (κ1) is 16.3. The van der Waals surface area contributed by atoms with E-state index in [2.05, 4.69) is 10.3 Å². The standard InChI is InChI=1S/C16H16Cl2N2O3/c17-12-1-2-13(11(4-7-21)14(12)18)23-15(10-3-5-19-9-10)16-20-6-8-22-16/h1-2,6-8,10,15,19H,3-5,9H2/t10-,15?/m0/s1. The summed E-state index contributed by atoms with van der Waals surface area (Å²) in [6.07, 6.45) is 4.64. The van der Waals surface area contributed by atoms with Gasteiger partial charge in [0, 0.05) is 24.4 Å². The Hall–Kier alpha value is -1.56. The highest BCUT2D eigenvalue weighted by Gasteiger charge is 2.32. The van der Waals surface area contributed by atoms with Crippen molar-refractivity contribution in [1.29, 1.82) is 0 Å². The van der Waals surface area contributed by atoms with Gasteiger partial charge in [-0.1, -0.05) is 23.2 Å². The van der Waals surface area contributed by atoms with E-state index >= 15 is 0 Å². The molecule has 122 valence electrons. The van der Waals surface area contributed by atoms with Crippen molar-refractivity contribution in [2.45, 2.75) is 18.9 Å². The number of hydrogen-bond donors (Lipinski definition) is 1. The van der Waals surface area contributed by atoms with Crippen molar-refractivity contribution in [2.24, 2.45) is 5.92 Å². The van der Waals surface area contributed by atoms with Crippen LogP contribution in [-0.2, 0) is 11.2 Å². The van der Waals surface area contributed by atoms with Crippen molar-refractivity contribution in [1.82, 2.24) is 10.3 Å². The van der Waals surface area contributed by atoms with Crippen molar-refractivity contribution in [3.8, 4) is 5.75 Å². The van der Waals surface area contributed by atoms with Gasteiger partial charge in [0.05, 0.1) is 16.2 Å². The number of halogens is 2. The molecule has 5 nitrogen and oxygen atoms in total. The van der Waals surface area contributed by atoms with Crippen molar-refractivity contribution in [3.63, 3.8) is 0 Å². The third kappa shape index (κ3) is 3.52. The third-order valence-corrected chi connectivity index (χ3v) is 4.76. The molecule has 1 fully saturated rings. The molecular formula is C16H16Cl2N2O3. The summed E-state index contributed by atoms with van der Waals surface area (Å²) in [4.78, 5) is 15.2. The molecule has 0 aliphatic carbocycles. The topological polar surface area (TPSA) is 64.4 Å². The number of hydrogen-bond acceptors (Lipinski definition) is 5. The van der Waals surface area contributed by atoms with Crippen molar-refractivity contribution in [3.05, 3.63) is 46.1 Å². The molecule has 0 bridgehead atoms. The van der Waals surface area contributed by atoms with Gasteiger partial charge in [0.1, 0.15) is 18.3 Å². The Balaban J connectivity index is 1.93. The molecule has 0 amide bonds. The van der Waals surface area contributed by atoms with Crippen LogP contribution in [0.4, 0.5) is 0 Å². The average molecular weight is 355 g/mol. The predicted octanol–water partition coefficient (Wildman–Crippen LogP) is 3.45. The van der Waals surface area contributed by atoms with E-state index in [1.165, 1.54) is 6.26 Å². The van der Waals surface area contributed by atoms with E-state index < -0.39 is 0 Å². The molecule has 0 spiro atoms. The molecule has 1 N–H and O–H groups in total. The number of ether oxygens (including phenoxy) is 1. The van der Waals surface area contributed by atoms with Crippen LogP contribution in [0.15, 0.2) is 29.0 Å². The highest BCUT2D eigenvalue weighted by Crippen LogP contribution is 2.37. The van der Waals surface area contributed by atoms with Crippen LogP contribution >= 0.6 is 23.2 Å². The van der Waals surface area contributed by atoms with E-state index in [1.54, 1.807) is 18.3 Å². The predicted molar refractivity (Wildman–Crippen MR) is 87.1 cm³/mol. The van der Waals surface area contributed by atoms with Crippen LogP contribution in [0, 0.1) is 5.92 Å². The van der Waals surface area contributed by atoms with Gasteiger partial charge in [0.2, 0.25) is 5.89 Å². The molecule has 23 heavy (non-hydrogen) atoms. The van der Waals surface area contributed by atoms with Gasteiger partial charge in [-0.15, -0.1) is 0 Å². The van der Waals surface area contributed by atoms with Gasteiger partial charge in [0.15, 0.2) is 6.10 Å². The number of nitrogens with one attached hydrogen (secondary N) is 1. The summed E-state index contributed by atoms with van der Waals surface area (Å²) in [5.41, 5.74) is 0.580. The van der Waals surface area contributed by atoms with Gasteiger partial charge in [-0.25, -0.2) is 4.98 Å². The summed E-state index contributed by atoms with van der Waals surface area (Å²) in [5.74, 6) is 1.27. The highest BCUT2D eigenvalue weighted by molar-refractivity contribution is 6.42. The fraction of sp³-hybridized carbons (Fsp3) is 0.375. The number of benzene rings is 1. The van der Waals surface area contributed by atoms with Gasteiger partial charge in [-0.05, 0) is 25.1 Å². The Bertz CT molecular complexity index is 670. The number of oxazole rings is 1. The zero-order valence-electron chi connectivity index (χ0n) is 12.3. The Morgan fingerprint density at radius 3 is 3.00 bits per heavy atom. The highest BCUT2D eigenvalue weighted by atomic mass is 35.5. The molecule has 2 heterocycles. The molecular weight excluding hydrogens is 339 g/mol. The molecule has 1 aliphatic rings. The van der Waals surface area contributed by atoms with Gasteiger partial charge >= 0.3 is 0 Å². The molecule has 2 atom stereocenters. The Labute approximate surface area is 143 Å². The number of carbonyl (C=O) groups excluding carboxylic acids is 1. The first-order valence-electron chi connectivity index (χ1n) is 7.38. The zero-order valence-corrected chi connectivity index (χ0v) is 13.8. The summed E-state index contributed by atoms with van der Waals surface area (Å²) in [6.45, 7) is 1.74. The minimum atomic E-state index is -0.345. The van der Waals surface area contributed by atoms with Crippen LogP contribution in [0.2, 0.25) is 10.0 Å². The Kier molecular flexibility index (Phi) is 5.20. The fourth-order valence-electron chi connectivity index (χ4n) is 2.75. The largest absolute Gasteiger partial charge is 0.480 e. The Morgan fingerprint density at radius 2 is 2.35 bits per heavy atom. The second-order valence-corrected chi connectivity index (χ2v) is 6.16. The summed E-state index contributed by atoms with van der Waals surface area (Å²) in [6, 6.07) is 3.39. The minimum absolute atomic E-state index is 0.135. The number of nitrogens with zero attached hydrogens (tertiary/aromatic N) is 1. The molecule has 1 unspecified atom stereocenters. The summed E-state index contributed by atoms with van der Waals surface area (Å²) >= 11 is 12.3. The molecule has 1 aromatic heterocycles. The fourth-order valence-corrected chi connectivity index (χ4v) is 3.16. The second-order valence-electron chi connectivity index (χ2n) is 5.37. The molecule has 1 saturated heterocycles. The third-order valence-electron chi connectivity index (χ3n) is 3.92. The summed E-state index contributed by atoms with van der Waals surface area (Å²) < 4.78 is 11.6. The lowest BCUT2D eigenvalue weighted by Crippen LogP contribution is -2.22. The van der Waals surface area contributed by atoms with Gasteiger partial charge in [-0.3, -0.25) is 0 Å². The van der Waals surface area contributed by atoms with Crippen LogP contribution in [0.5, 0.6) is 5.75 Å². The monoisotopic (exact) mass is 354 g/mol. The first-order valence-corrected chi connectivity index (χ1v) is 8.13. The van der Waals surface area contributed by atoms with Crippen LogP contribution in [0.1, 0.15) is 24.0 Å². The normalized spacial score (nSPS) is 18.8. The SMILES string of the molecule is O=CCc1c(OC(c2ncco2)[C@H]2CCNC2)ccc(Cl)c1Cl. The van der Waals surface area contributed by atoms with E-state index in [0.29, 0.717) is 27.2 Å². The van der Waals surface area contributed by atoms with E-state index in [9.17, 15) is 4.79 Å². The number of rotatable bonds is 6. The smallest absolute Gasteiger partial charge is 0.235 e. The molecule has 0 saturated carbocycles. The molecule has 3 rings (SSSR count). The van der Waals surface area contributed by atoms with E-state index in [-0.39, 0.29) is 18.4 Å². The van der Waals surface area contributed by atoms with Crippen LogP contribution in [-0.4, -0.2) is 24.4 Å². The number of carbonyl (C=O) groups is 1. The van der Waals surface area contributed by atoms with Crippen LogP contribution in [0.3, 0.4) is 0 Å². The molecule has 0 radical (unpaired) electrons. The maximum absolute atomic E-state index is 11.0. The lowest BCUT2D eigenvalue weighted by Gasteiger charge is -2.23.